The molecule has 2 aromatic rings. The summed E-state index contributed by atoms with van der Waals surface area (Å²) in [6, 6.07) is 10.2. The van der Waals surface area contributed by atoms with Gasteiger partial charge >= 0.3 is 0 Å². The second-order valence-corrected chi connectivity index (χ2v) is 5.08. The van der Waals surface area contributed by atoms with E-state index in [9.17, 15) is 0 Å². The number of nitrogens with zero attached hydrogens (tertiary/aromatic N) is 4. The molecule has 20 heavy (non-hydrogen) atoms. The topological polar surface area (TPSA) is 43.2 Å². The minimum absolute atomic E-state index is 0.708. The Morgan fingerprint density at radius 2 is 1.95 bits per heavy atom. The Kier molecular flexibility index (Phi) is 4.03. The maximum absolute atomic E-state index is 5.47. The summed E-state index contributed by atoms with van der Waals surface area (Å²) < 4.78 is 7.14. The molecule has 0 aliphatic carbocycles. The summed E-state index contributed by atoms with van der Waals surface area (Å²) in [4.78, 5) is 2.88. The lowest BCUT2D eigenvalue weighted by atomic mass is 10.2. The molecule has 0 amide bonds. The summed E-state index contributed by atoms with van der Waals surface area (Å²) in [5, 5.41) is 8.33. The van der Waals surface area contributed by atoms with Gasteiger partial charge in [0.25, 0.3) is 0 Å². The Balaban J connectivity index is 1.68. The number of thiocarbonyl (C=S) groups is 1. The van der Waals surface area contributed by atoms with Crippen molar-refractivity contribution >= 4 is 17.2 Å². The van der Waals surface area contributed by atoms with Crippen molar-refractivity contribution in [1.29, 1.82) is 0 Å². The minimum Gasteiger partial charge on any atom is -0.378 e. The maximum atomic E-state index is 5.47. The van der Waals surface area contributed by atoms with Crippen LogP contribution in [-0.2, 0) is 11.3 Å². The van der Waals surface area contributed by atoms with E-state index in [1.807, 2.05) is 29.1 Å². The van der Waals surface area contributed by atoms with Crippen LogP contribution in [0.1, 0.15) is 11.3 Å². The van der Waals surface area contributed by atoms with Gasteiger partial charge in [0, 0.05) is 13.1 Å². The molecule has 1 fully saturated rings. The van der Waals surface area contributed by atoms with E-state index in [1.165, 1.54) is 5.56 Å². The quantitative estimate of drug-likeness (QED) is 0.797. The molecular formula is C14H16N4OS. The van der Waals surface area contributed by atoms with Gasteiger partial charge in [0.1, 0.15) is 10.7 Å². The van der Waals surface area contributed by atoms with Gasteiger partial charge in [0.05, 0.1) is 26.0 Å². The van der Waals surface area contributed by atoms with Crippen LogP contribution in [0.2, 0.25) is 0 Å². The van der Waals surface area contributed by atoms with E-state index < -0.39 is 0 Å². The van der Waals surface area contributed by atoms with E-state index in [1.54, 1.807) is 0 Å². The Morgan fingerprint density at radius 1 is 1.20 bits per heavy atom. The molecule has 0 unspecified atom stereocenters. The standard InChI is InChI=1S/C14H16N4OS/c20-14(17-6-8-19-9-7-17)13-11-18(16-15-13)10-12-4-2-1-3-5-12/h1-5,11H,6-10H2. The predicted octanol–water partition coefficient (Wildman–Crippen LogP) is 1.33. The Bertz CT molecular complexity index is 578. The molecule has 0 bridgehead atoms. The molecule has 1 aliphatic heterocycles. The van der Waals surface area contributed by atoms with Crippen molar-refractivity contribution in [3.63, 3.8) is 0 Å². The number of rotatable bonds is 3. The second kappa shape index (κ2) is 6.11. The predicted molar refractivity (Wildman–Crippen MR) is 79.7 cm³/mol. The molecule has 0 spiro atoms. The summed E-state index contributed by atoms with van der Waals surface area (Å²) in [5.41, 5.74) is 1.96. The van der Waals surface area contributed by atoms with Gasteiger partial charge in [-0.1, -0.05) is 47.8 Å². The Hall–Kier alpha value is -1.79. The maximum Gasteiger partial charge on any atom is 0.140 e. The third kappa shape index (κ3) is 3.02. The average Bonchev–Trinajstić information content (AvgIpc) is 2.97. The van der Waals surface area contributed by atoms with Crippen LogP contribution in [0.25, 0.3) is 0 Å². The molecule has 6 heteroatoms. The normalized spacial score (nSPS) is 15.3. The third-order valence-electron chi connectivity index (χ3n) is 3.24. The van der Waals surface area contributed by atoms with E-state index >= 15 is 0 Å². The van der Waals surface area contributed by atoms with Gasteiger partial charge in [0.2, 0.25) is 0 Å². The lowest BCUT2D eigenvalue weighted by Crippen LogP contribution is -2.40. The first kappa shape index (κ1) is 13.2. The van der Waals surface area contributed by atoms with Crippen molar-refractivity contribution in [2.75, 3.05) is 26.3 Å². The van der Waals surface area contributed by atoms with Crippen molar-refractivity contribution in [3.05, 3.63) is 47.8 Å². The Morgan fingerprint density at radius 3 is 2.70 bits per heavy atom. The summed E-state index contributed by atoms with van der Waals surface area (Å²) in [6.07, 6.45) is 1.91. The van der Waals surface area contributed by atoms with E-state index in [2.05, 4.69) is 27.3 Å². The largest absolute Gasteiger partial charge is 0.378 e. The van der Waals surface area contributed by atoms with Crippen LogP contribution in [0.4, 0.5) is 0 Å². The molecule has 0 atom stereocenters. The van der Waals surface area contributed by atoms with Crippen molar-refractivity contribution in [3.8, 4) is 0 Å². The van der Waals surface area contributed by atoms with Crippen LogP contribution >= 0.6 is 12.2 Å². The molecule has 2 heterocycles. The van der Waals surface area contributed by atoms with Gasteiger partial charge in [-0.2, -0.15) is 0 Å². The second-order valence-electron chi connectivity index (χ2n) is 4.69. The van der Waals surface area contributed by atoms with E-state index in [0.29, 0.717) is 6.54 Å². The first-order valence-corrected chi connectivity index (χ1v) is 7.05. The number of benzene rings is 1. The number of hydrogen-bond acceptors (Lipinski definition) is 4. The molecule has 1 aliphatic rings. The number of ether oxygens (including phenoxy) is 1. The molecule has 0 radical (unpaired) electrons. The van der Waals surface area contributed by atoms with Crippen LogP contribution in [0.15, 0.2) is 36.5 Å². The smallest absolute Gasteiger partial charge is 0.140 e. The van der Waals surface area contributed by atoms with Crippen LogP contribution in [0, 0.1) is 0 Å². The number of hydrogen-bond donors (Lipinski definition) is 0. The van der Waals surface area contributed by atoms with E-state index in [4.69, 9.17) is 17.0 Å². The van der Waals surface area contributed by atoms with Gasteiger partial charge in [-0.3, -0.25) is 0 Å². The van der Waals surface area contributed by atoms with Crippen molar-refractivity contribution < 1.29 is 4.74 Å². The summed E-state index contributed by atoms with van der Waals surface area (Å²) in [5.74, 6) is 0. The fraction of sp³-hybridized carbons (Fsp3) is 0.357. The zero-order valence-corrected chi connectivity index (χ0v) is 11.9. The molecule has 104 valence electrons. The van der Waals surface area contributed by atoms with Gasteiger partial charge in [-0.15, -0.1) is 5.10 Å². The minimum atomic E-state index is 0.708. The fourth-order valence-corrected chi connectivity index (χ4v) is 2.45. The number of aromatic nitrogens is 3. The van der Waals surface area contributed by atoms with Crippen LogP contribution in [0.3, 0.4) is 0 Å². The van der Waals surface area contributed by atoms with Crippen molar-refractivity contribution in [2.24, 2.45) is 0 Å². The third-order valence-corrected chi connectivity index (χ3v) is 3.71. The molecule has 0 N–H and O–H groups in total. The van der Waals surface area contributed by atoms with Crippen LogP contribution in [-0.4, -0.2) is 51.2 Å². The SMILES string of the molecule is S=C(c1cn(Cc2ccccc2)nn1)N1CCOCC1. The van der Waals surface area contributed by atoms with Crippen LogP contribution in [0.5, 0.6) is 0 Å². The van der Waals surface area contributed by atoms with Gasteiger partial charge in [0.15, 0.2) is 0 Å². The van der Waals surface area contributed by atoms with Crippen LogP contribution < -0.4 is 0 Å². The molecule has 5 nitrogen and oxygen atoms in total. The summed E-state index contributed by atoms with van der Waals surface area (Å²) in [7, 11) is 0. The van der Waals surface area contributed by atoms with Gasteiger partial charge in [-0.05, 0) is 5.56 Å². The summed E-state index contributed by atoms with van der Waals surface area (Å²) >= 11 is 5.47. The zero-order valence-electron chi connectivity index (χ0n) is 11.1. The average molecular weight is 288 g/mol. The first-order chi connectivity index (χ1) is 9.83. The molecular weight excluding hydrogens is 272 g/mol. The highest BCUT2D eigenvalue weighted by atomic mass is 32.1. The monoisotopic (exact) mass is 288 g/mol. The van der Waals surface area contributed by atoms with Gasteiger partial charge in [-0.25, -0.2) is 4.68 Å². The van der Waals surface area contributed by atoms with Crippen molar-refractivity contribution in [2.45, 2.75) is 6.54 Å². The fourth-order valence-electron chi connectivity index (χ4n) is 2.17. The van der Waals surface area contributed by atoms with Gasteiger partial charge < -0.3 is 9.64 Å². The highest BCUT2D eigenvalue weighted by molar-refractivity contribution is 7.80. The molecule has 1 saturated heterocycles. The van der Waals surface area contributed by atoms with E-state index in [-0.39, 0.29) is 0 Å². The first-order valence-electron chi connectivity index (χ1n) is 6.64. The zero-order chi connectivity index (χ0) is 13.8. The highest BCUT2D eigenvalue weighted by Crippen LogP contribution is 2.07. The Labute approximate surface area is 123 Å². The highest BCUT2D eigenvalue weighted by Gasteiger charge is 2.17. The molecule has 0 saturated carbocycles. The lowest BCUT2D eigenvalue weighted by Gasteiger charge is -2.27. The molecule has 1 aromatic carbocycles. The molecule has 3 rings (SSSR count). The lowest BCUT2D eigenvalue weighted by molar-refractivity contribution is 0.0692. The summed E-state index contributed by atoms with van der Waals surface area (Å²) in [6.45, 7) is 3.80. The van der Waals surface area contributed by atoms with Crippen molar-refractivity contribution in [1.82, 2.24) is 19.9 Å². The number of morpholine rings is 1. The van der Waals surface area contributed by atoms with E-state index in [0.717, 1.165) is 37.0 Å². The molecule has 1 aromatic heterocycles.